The normalized spacial score (nSPS) is 13.1. The summed E-state index contributed by atoms with van der Waals surface area (Å²) < 4.78 is 163. The number of nitrogens with zero attached hydrogens (tertiary/aromatic N) is 1. The van der Waals surface area contributed by atoms with Crippen molar-refractivity contribution in [3.8, 4) is 9.88 Å². The maximum Gasteiger partial charge on any atom is 0.416 e. The third kappa shape index (κ3) is 6.26. The molecule has 0 bridgehead atoms. The Morgan fingerprint density at radius 1 is 0.538 bits per heavy atom. The number of alkyl halides is 12. The Hall–Kier alpha value is -3.01. The van der Waals surface area contributed by atoms with Crippen LogP contribution in [0.3, 0.4) is 0 Å². The molecule has 16 heteroatoms. The maximum atomic E-state index is 13.6. The molecule has 4 aromatic rings. The SMILES string of the molecule is FC(F)(F)c1cc(B(c2cc(C(F)(F)F)cc(C(F)(F)F)c2)c2ccsc2-c2nccs2)cc(C(F)(F)F)c1. The molecule has 0 atom stereocenters. The third-order valence-corrected chi connectivity index (χ3v) is 7.38. The van der Waals surface area contributed by atoms with Crippen molar-refractivity contribution in [1.29, 1.82) is 0 Å². The van der Waals surface area contributed by atoms with E-state index >= 15 is 0 Å². The first-order chi connectivity index (χ1) is 17.9. The van der Waals surface area contributed by atoms with Crippen LogP contribution in [-0.4, -0.2) is 11.7 Å². The average Bonchev–Trinajstić information content (AvgIpc) is 3.49. The Kier molecular flexibility index (Phi) is 7.34. The topological polar surface area (TPSA) is 12.9 Å². The van der Waals surface area contributed by atoms with Gasteiger partial charge in [-0.05, 0) is 23.0 Å². The Morgan fingerprint density at radius 2 is 0.949 bits per heavy atom. The highest BCUT2D eigenvalue weighted by Gasteiger charge is 2.41. The van der Waals surface area contributed by atoms with Gasteiger partial charge in [0.25, 0.3) is 0 Å². The van der Waals surface area contributed by atoms with Crippen LogP contribution in [0.25, 0.3) is 9.88 Å². The van der Waals surface area contributed by atoms with Crippen molar-refractivity contribution >= 4 is 45.8 Å². The van der Waals surface area contributed by atoms with E-state index < -0.39 is 64.6 Å². The van der Waals surface area contributed by atoms with Crippen LogP contribution >= 0.6 is 22.7 Å². The maximum absolute atomic E-state index is 13.6. The van der Waals surface area contributed by atoms with Crippen LogP contribution in [0.1, 0.15) is 22.3 Å². The standard InChI is InChI=1S/C23H10BF12NS2/c25-20(26,27)11-5-12(21(28,29)30)8-15(7-11)24(17-1-3-38-18(17)19-37-2-4-39-19)16-9-13(22(31,32)33)6-14(10-16)23(34,35)36/h1-10H. The third-order valence-electron chi connectivity index (χ3n) is 5.52. The lowest BCUT2D eigenvalue weighted by Gasteiger charge is -2.22. The van der Waals surface area contributed by atoms with Crippen molar-refractivity contribution < 1.29 is 52.7 Å². The van der Waals surface area contributed by atoms with Gasteiger partial charge >= 0.3 is 24.7 Å². The van der Waals surface area contributed by atoms with E-state index in [1.54, 1.807) is 0 Å². The van der Waals surface area contributed by atoms with E-state index in [1.165, 1.54) is 23.0 Å². The first-order valence-electron chi connectivity index (χ1n) is 10.4. The summed E-state index contributed by atoms with van der Waals surface area (Å²) in [5.41, 5.74) is -8.81. The molecule has 0 fully saturated rings. The lowest BCUT2D eigenvalue weighted by molar-refractivity contribution is -0.144. The molecule has 0 aliphatic rings. The monoisotopic (exact) mass is 603 g/mol. The molecule has 0 unspecified atom stereocenters. The van der Waals surface area contributed by atoms with E-state index in [1.807, 2.05) is 0 Å². The van der Waals surface area contributed by atoms with Gasteiger partial charge in [0.2, 0.25) is 6.71 Å². The van der Waals surface area contributed by atoms with Gasteiger partial charge in [0.15, 0.2) is 0 Å². The van der Waals surface area contributed by atoms with E-state index in [2.05, 4.69) is 4.98 Å². The molecule has 39 heavy (non-hydrogen) atoms. The lowest BCUT2D eigenvalue weighted by Crippen LogP contribution is -2.53. The summed E-state index contributed by atoms with van der Waals surface area (Å²) in [6, 6.07) is 2.01. The van der Waals surface area contributed by atoms with Gasteiger partial charge in [0.1, 0.15) is 5.01 Å². The van der Waals surface area contributed by atoms with Crippen LogP contribution < -0.4 is 16.4 Å². The van der Waals surface area contributed by atoms with Crippen LogP contribution in [0, 0.1) is 0 Å². The fourth-order valence-corrected chi connectivity index (χ4v) is 5.61. The van der Waals surface area contributed by atoms with E-state index in [4.69, 9.17) is 0 Å². The smallest absolute Gasteiger partial charge is 0.244 e. The molecule has 2 aromatic heterocycles. The van der Waals surface area contributed by atoms with Gasteiger partial charge in [-0.25, -0.2) is 4.98 Å². The summed E-state index contributed by atoms with van der Waals surface area (Å²) in [6.45, 7) is -1.89. The zero-order valence-corrected chi connectivity index (χ0v) is 20.3. The Labute approximate surface area is 219 Å². The van der Waals surface area contributed by atoms with Gasteiger partial charge in [-0.15, -0.1) is 22.7 Å². The lowest BCUT2D eigenvalue weighted by atomic mass is 9.36. The van der Waals surface area contributed by atoms with E-state index in [9.17, 15) is 52.7 Å². The molecular formula is C23H10BF12NS2. The molecule has 0 radical (unpaired) electrons. The molecular weight excluding hydrogens is 593 g/mol. The highest BCUT2D eigenvalue weighted by atomic mass is 32.1. The zero-order valence-electron chi connectivity index (χ0n) is 18.7. The van der Waals surface area contributed by atoms with Crippen LogP contribution in [0.15, 0.2) is 59.4 Å². The van der Waals surface area contributed by atoms with Crippen molar-refractivity contribution in [1.82, 2.24) is 4.98 Å². The molecule has 4 rings (SSSR count). The quantitative estimate of drug-likeness (QED) is 0.174. The van der Waals surface area contributed by atoms with E-state index in [0.29, 0.717) is 0 Å². The Balaban J connectivity index is 2.10. The van der Waals surface area contributed by atoms with E-state index in [0.717, 1.165) is 22.7 Å². The Bertz CT molecular complexity index is 1320. The molecule has 0 spiro atoms. The fraction of sp³-hybridized carbons (Fsp3) is 0.174. The molecule has 0 aliphatic heterocycles. The van der Waals surface area contributed by atoms with Crippen molar-refractivity contribution in [3.05, 3.63) is 81.7 Å². The number of thiophene rings is 1. The minimum atomic E-state index is -5.31. The van der Waals surface area contributed by atoms with Crippen LogP contribution in [0.2, 0.25) is 0 Å². The van der Waals surface area contributed by atoms with Gasteiger partial charge in [-0.1, -0.05) is 41.3 Å². The average molecular weight is 603 g/mol. The van der Waals surface area contributed by atoms with Gasteiger partial charge in [0, 0.05) is 11.6 Å². The first kappa shape index (κ1) is 29.0. The number of aromatic nitrogens is 1. The predicted octanol–water partition coefficient (Wildman–Crippen LogP) is 7.46. The predicted molar refractivity (Wildman–Crippen MR) is 123 cm³/mol. The van der Waals surface area contributed by atoms with Crippen LogP contribution in [0.4, 0.5) is 52.7 Å². The molecule has 206 valence electrons. The molecule has 2 aromatic carbocycles. The fourth-order valence-electron chi connectivity index (χ4n) is 3.90. The summed E-state index contributed by atoms with van der Waals surface area (Å²) >= 11 is 1.93. The summed E-state index contributed by atoms with van der Waals surface area (Å²) in [5, 5.41) is 3.07. The highest BCUT2D eigenvalue weighted by molar-refractivity contribution is 7.22. The van der Waals surface area contributed by atoms with Crippen molar-refractivity contribution in [2.75, 3.05) is 0 Å². The summed E-state index contributed by atoms with van der Waals surface area (Å²) in [6.07, 6.45) is -19.9. The zero-order chi connectivity index (χ0) is 29.0. The van der Waals surface area contributed by atoms with Crippen LogP contribution in [0.5, 0.6) is 0 Å². The number of rotatable bonds is 4. The van der Waals surface area contributed by atoms with Gasteiger partial charge in [0.05, 0.1) is 27.1 Å². The highest BCUT2D eigenvalue weighted by Crippen LogP contribution is 2.37. The minimum absolute atomic E-state index is 0.116. The van der Waals surface area contributed by atoms with Gasteiger partial charge < -0.3 is 0 Å². The Morgan fingerprint density at radius 3 is 1.28 bits per heavy atom. The largest absolute Gasteiger partial charge is 0.416 e. The summed E-state index contributed by atoms with van der Waals surface area (Å²) in [4.78, 5) is 4.18. The summed E-state index contributed by atoms with van der Waals surface area (Å²) in [7, 11) is 0. The summed E-state index contributed by atoms with van der Waals surface area (Å²) in [5.74, 6) is 0. The first-order valence-corrected chi connectivity index (χ1v) is 12.2. The second-order valence-corrected chi connectivity index (χ2v) is 9.96. The molecule has 0 saturated carbocycles. The van der Waals surface area contributed by atoms with Crippen LogP contribution in [-0.2, 0) is 24.7 Å². The van der Waals surface area contributed by atoms with Crippen molar-refractivity contribution in [2.24, 2.45) is 0 Å². The molecule has 0 amide bonds. The second kappa shape index (κ2) is 9.88. The number of halogens is 12. The molecule has 0 saturated heterocycles. The van der Waals surface area contributed by atoms with Gasteiger partial charge in [-0.2, -0.15) is 52.7 Å². The van der Waals surface area contributed by atoms with E-state index in [-0.39, 0.29) is 51.7 Å². The molecule has 1 nitrogen and oxygen atoms in total. The second-order valence-electron chi connectivity index (χ2n) is 8.15. The molecule has 0 aliphatic carbocycles. The number of benzene rings is 2. The minimum Gasteiger partial charge on any atom is -0.244 e. The molecule has 2 heterocycles. The number of hydrogen-bond acceptors (Lipinski definition) is 3. The van der Waals surface area contributed by atoms with Crippen molar-refractivity contribution in [2.45, 2.75) is 24.7 Å². The number of thiazole rings is 1. The van der Waals surface area contributed by atoms with Crippen molar-refractivity contribution in [3.63, 3.8) is 0 Å². The van der Waals surface area contributed by atoms with Gasteiger partial charge in [-0.3, -0.25) is 0 Å². The number of hydrogen-bond donors (Lipinski definition) is 0. The molecule has 0 N–H and O–H groups in total.